The number of hydrogen-bond donors (Lipinski definition) is 1. The van der Waals surface area contributed by atoms with Gasteiger partial charge in [0.15, 0.2) is 5.41 Å². The first-order chi connectivity index (χ1) is 15.4. The quantitative estimate of drug-likeness (QED) is 0.602. The van der Waals surface area contributed by atoms with Crippen LogP contribution in [0.15, 0.2) is 73.1 Å². The number of halogens is 3. The van der Waals surface area contributed by atoms with Crippen molar-refractivity contribution in [2.24, 2.45) is 5.41 Å². The molecule has 1 aliphatic heterocycles. The summed E-state index contributed by atoms with van der Waals surface area (Å²) in [5, 5.41) is 6.70. The summed E-state index contributed by atoms with van der Waals surface area (Å²) < 4.78 is 43.8. The smallest absolute Gasteiger partial charge is 0.355 e. The first-order valence-corrected chi connectivity index (χ1v) is 10.6. The molecule has 1 unspecified atom stereocenters. The number of amides is 1. The Balaban J connectivity index is 1.35. The number of hydrogen-bond acceptors (Lipinski definition) is 3. The van der Waals surface area contributed by atoms with E-state index in [4.69, 9.17) is 0 Å². The highest BCUT2D eigenvalue weighted by Crippen LogP contribution is 2.46. The molecule has 0 aliphatic carbocycles. The van der Waals surface area contributed by atoms with Gasteiger partial charge in [0, 0.05) is 32.0 Å². The number of benzene rings is 2. The van der Waals surface area contributed by atoms with E-state index in [0.717, 1.165) is 16.8 Å². The average Bonchev–Trinajstić information content (AvgIpc) is 3.46. The normalized spacial score (nSPS) is 19.2. The SMILES string of the molecule is O=C(NCCc1ccc(-n2cccn2)cc1)C1(C(F)(F)F)CCN(Cc2ccccc2)C1. The lowest BCUT2D eigenvalue weighted by atomic mass is 9.85. The summed E-state index contributed by atoms with van der Waals surface area (Å²) in [4.78, 5) is 14.4. The van der Waals surface area contributed by atoms with E-state index in [2.05, 4.69) is 10.4 Å². The number of rotatable bonds is 7. The number of alkyl halides is 3. The lowest BCUT2D eigenvalue weighted by Crippen LogP contribution is -2.52. The zero-order chi connectivity index (χ0) is 22.6. The molecule has 3 aromatic rings. The van der Waals surface area contributed by atoms with Gasteiger partial charge in [0.05, 0.1) is 5.69 Å². The van der Waals surface area contributed by atoms with Crippen molar-refractivity contribution < 1.29 is 18.0 Å². The molecule has 1 amide bonds. The number of aromatic nitrogens is 2. The number of carbonyl (C=O) groups is 1. The average molecular weight is 442 g/mol. The minimum absolute atomic E-state index is 0.149. The van der Waals surface area contributed by atoms with Crippen molar-refractivity contribution in [3.8, 4) is 5.69 Å². The van der Waals surface area contributed by atoms with E-state index in [1.165, 1.54) is 0 Å². The van der Waals surface area contributed by atoms with E-state index in [0.29, 0.717) is 13.0 Å². The van der Waals surface area contributed by atoms with Crippen LogP contribution in [0.2, 0.25) is 0 Å². The zero-order valence-corrected chi connectivity index (χ0v) is 17.6. The predicted molar refractivity (Wildman–Crippen MR) is 115 cm³/mol. The Bertz CT molecular complexity index is 1020. The Morgan fingerprint density at radius 3 is 2.44 bits per heavy atom. The van der Waals surface area contributed by atoms with E-state index in [1.54, 1.807) is 15.8 Å². The van der Waals surface area contributed by atoms with Crippen molar-refractivity contribution in [1.82, 2.24) is 20.0 Å². The van der Waals surface area contributed by atoms with E-state index >= 15 is 0 Å². The molecule has 32 heavy (non-hydrogen) atoms. The Morgan fingerprint density at radius 1 is 1.03 bits per heavy atom. The van der Waals surface area contributed by atoms with Crippen LogP contribution in [0.5, 0.6) is 0 Å². The van der Waals surface area contributed by atoms with Crippen LogP contribution >= 0.6 is 0 Å². The lowest BCUT2D eigenvalue weighted by Gasteiger charge is -2.30. The summed E-state index contributed by atoms with van der Waals surface area (Å²) >= 11 is 0. The molecular formula is C24H25F3N4O. The number of likely N-dealkylation sites (tertiary alicyclic amines) is 1. The fourth-order valence-corrected chi connectivity index (χ4v) is 4.14. The Kier molecular flexibility index (Phi) is 6.32. The van der Waals surface area contributed by atoms with E-state index in [1.807, 2.05) is 66.9 Å². The van der Waals surface area contributed by atoms with Crippen LogP contribution in [0.25, 0.3) is 5.69 Å². The first-order valence-electron chi connectivity index (χ1n) is 10.6. The standard InChI is InChI=1S/C24H25F3N4O/c25-24(26,27)23(12-16-30(18-23)17-20-5-2-1-3-6-20)22(32)28-14-11-19-7-9-21(10-8-19)31-15-4-13-29-31/h1-10,13,15H,11-12,14,16-18H2,(H,28,32). The molecule has 4 rings (SSSR count). The molecule has 1 fully saturated rings. The van der Waals surface area contributed by atoms with Crippen molar-refractivity contribution >= 4 is 5.91 Å². The molecule has 8 heteroatoms. The van der Waals surface area contributed by atoms with Crippen LogP contribution in [0.1, 0.15) is 17.5 Å². The summed E-state index contributed by atoms with van der Waals surface area (Å²) in [7, 11) is 0. The van der Waals surface area contributed by atoms with Gasteiger partial charge in [0.2, 0.25) is 5.91 Å². The second-order valence-electron chi connectivity index (χ2n) is 8.15. The third-order valence-electron chi connectivity index (χ3n) is 5.98. The third-order valence-corrected chi connectivity index (χ3v) is 5.98. The van der Waals surface area contributed by atoms with Crippen molar-refractivity contribution in [2.75, 3.05) is 19.6 Å². The van der Waals surface area contributed by atoms with Crippen LogP contribution in [0.4, 0.5) is 13.2 Å². The van der Waals surface area contributed by atoms with Crippen LogP contribution in [0, 0.1) is 5.41 Å². The van der Waals surface area contributed by atoms with Crippen LogP contribution in [-0.4, -0.2) is 46.4 Å². The van der Waals surface area contributed by atoms with Gasteiger partial charge < -0.3 is 5.32 Å². The van der Waals surface area contributed by atoms with Gasteiger partial charge in [0.1, 0.15) is 0 Å². The molecule has 1 aromatic heterocycles. The molecule has 0 bridgehead atoms. The zero-order valence-electron chi connectivity index (χ0n) is 17.6. The van der Waals surface area contributed by atoms with Gasteiger partial charge in [-0.2, -0.15) is 18.3 Å². The van der Waals surface area contributed by atoms with Crippen LogP contribution in [-0.2, 0) is 17.8 Å². The lowest BCUT2D eigenvalue weighted by molar-refractivity contribution is -0.218. The van der Waals surface area contributed by atoms with Crippen molar-refractivity contribution in [1.29, 1.82) is 0 Å². The molecule has 5 nitrogen and oxygen atoms in total. The highest BCUT2D eigenvalue weighted by molar-refractivity contribution is 5.84. The van der Waals surface area contributed by atoms with Gasteiger partial charge in [-0.1, -0.05) is 42.5 Å². The highest BCUT2D eigenvalue weighted by Gasteiger charge is 2.62. The Hall–Kier alpha value is -3.13. The van der Waals surface area contributed by atoms with Crippen molar-refractivity contribution in [3.05, 3.63) is 84.2 Å². The third kappa shape index (κ3) is 4.70. The maximum Gasteiger partial charge on any atom is 0.404 e. The Morgan fingerprint density at radius 2 is 1.78 bits per heavy atom. The van der Waals surface area contributed by atoms with Crippen molar-refractivity contribution in [2.45, 2.75) is 25.6 Å². The molecule has 0 saturated carbocycles. The summed E-state index contributed by atoms with van der Waals surface area (Å²) in [6.45, 7) is 0.456. The summed E-state index contributed by atoms with van der Waals surface area (Å²) in [6, 6.07) is 18.7. The molecule has 0 spiro atoms. The van der Waals surface area contributed by atoms with Gasteiger partial charge in [-0.25, -0.2) is 4.68 Å². The molecule has 0 radical (unpaired) electrons. The molecule has 2 heterocycles. The molecular weight excluding hydrogens is 417 g/mol. The predicted octanol–water partition coefficient (Wildman–Crippen LogP) is 3.99. The van der Waals surface area contributed by atoms with E-state index in [9.17, 15) is 18.0 Å². The first kappa shape index (κ1) is 22.1. The fourth-order valence-electron chi connectivity index (χ4n) is 4.14. The fraction of sp³-hybridized carbons (Fsp3) is 0.333. The number of nitrogens with zero attached hydrogens (tertiary/aromatic N) is 3. The van der Waals surface area contributed by atoms with Crippen LogP contribution in [0.3, 0.4) is 0 Å². The Labute approximate surface area is 184 Å². The molecule has 1 aliphatic rings. The van der Waals surface area contributed by atoms with Crippen molar-refractivity contribution in [3.63, 3.8) is 0 Å². The van der Waals surface area contributed by atoms with Gasteiger partial charge in [0.25, 0.3) is 0 Å². The molecule has 2 aromatic carbocycles. The minimum atomic E-state index is -4.60. The summed E-state index contributed by atoms with van der Waals surface area (Å²) in [5.74, 6) is -0.936. The van der Waals surface area contributed by atoms with Gasteiger partial charge >= 0.3 is 6.18 Å². The largest absolute Gasteiger partial charge is 0.404 e. The molecule has 1 atom stereocenters. The second-order valence-corrected chi connectivity index (χ2v) is 8.15. The molecule has 1 N–H and O–H groups in total. The minimum Gasteiger partial charge on any atom is -0.355 e. The van der Waals surface area contributed by atoms with E-state index in [-0.39, 0.29) is 26.1 Å². The summed E-state index contributed by atoms with van der Waals surface area (Å²) in [6.07, 6.45) is -0.868. The van der Waals surface area contributed by atoms with E-state index < -0.39 is 17.5 Å². The van der Waals surface area contributed by atoms with Gasteiger partial charge in [-0.05, 0) is 48.7 Å². The summed E-state index contributed by atoms with van der Waals surface area (Å²) in [5.41, 5.74) is 0.387. The van der Waals surface area contributed by atoms with Gasteiger partial charge in [-0.15, -0.1) is 0 Å². The number of nitrogens with one attached hydrogen (secondary N) is 1. The maximum absolute atomic E-state index is 14.0. The highest BCUT2D eigenvalue weighted by atomic mass is 19.4. The second kappa shape index (κ2) is 9.16. The monoisotopic (exact) mass is 442 g/mol. The molecule has 1 saturated heterocycles. The van der Waals surface area contributed by atoms with Crippen LogP contribution < -0.4 is 5.32 Å². The van der Waals surface area contributed by atoms with Gasteiger partial charge in [-0.3, -0.25) is 9.69 Å². The number of carbonyl (C=O) groups excluding carboxylic acids is 1. The topological polar surface area (TPSA) is 50.2 Å². The molecule has 168 valence electrons. The maximum atomic E-state index is 14.0.